The van der Waals surface area contributed by atoms with E-state index in [0.717, 1.165) is 5.56 Å². The molecule has 0 atom stereocenters. The lowest BCUT2D eigenvalue weighted by Crippen LogP contribution is -2.17. The monoisotopic (exact) mass is 243 g/mol. The van der Waals surface area contributed by atoms with Crippen molar-refractivity contribution in [2.24, 2.45) is 0 Å². The molecule has 2 N–H and O–H groups in total. The van der Waals surface area contributed by atoms with Crippen LogP contribution in [0.1, 0.15) is 12.0 Å². The summed E-state index contributed by atoms with van der Waals surface area (Å²) < 4.78 is 21.7. The lowest BCUT2D eigenvalue weighted by atomic mass is 10.2. The van der Waals surface area contributed by atoms with Crippen LogP contribution >= 0.6 is 0 Å². The van der Waals surface area contributed by atoms with E-state index in [9.17, 15) is 13.5 Å². The Morgan fingerprint density at radius 2 is 2.12 bits per heavy atom. The molecular weight excluding hydrogens is 226 g/mol. The fraction of sp³-hybridized carbons (Fsp3) is 0.455. The predicted octanol–water partition coefficient (Wildman–Crippen LogP) is 0.916. The molecule has 0 radical (unpaired) electrons. The van der Waals surface area contributed by atoms with E-state index >= 15 is 0 Å². The lowest BCUT2D eigenvalue weighted by molar-refractivity contribution is 0.474. The number of aromatic hydroxyl groups is 1. The summed E-state index contributed by atoms with van der Waals surface area (Å²) in [4.78, 5) is 0. The van der Waals surface area contributed by atoms with Gasteiger partial charge in [-0.2, -0.15) is 0 Å². The van der Waals surface area contributed by atoms with Gasteiger partial charge in [-0.3, -0.25) is 0 Å². The van der Waals surface area contributed by atoms with Crippen LogP contribution in [-0.2, 0) is 16.4 Å². The molecule has 0 spiro atoms. The molecule has 90 valence electrons. The van der Waals surface area contributed by atoms with E-state index in [-0.39, 0.29) is 11.5 Å². The van der Waals surface area contributed by atoms with Crippen LogP contribution < -0.4 is 5.32 Å². The first-order valence-corrected chi connectivity index (χ1v) is 7.20. The summed E-state index contributed by atoms with van der Waals surface area (Å²) in [5.41, 5.74) is 0.986. The van der Waals surface area contributed by atoms with E-state index in [1.54, 1.807) is 18.2 Å². The van der Waals surface area contributed by atoms with E-state index in [1.807, 2.05) is 6.07 Å². The molecular formula is C11H17NO3S. The van der Waals surface area contributed by atoms with Crippen molar-refractivity contribution in [2.45, 2.75) is 13.0 Å². The predicted molar refractivity (Wildman–Crippen MR) is 64.1 cm³/mol. The van der Waals surface area contributed by atoms with Gasteiger partial charge >= 0.3 is 0 Å². The van der Waals surface area contributed by atoms with Crippen LogP contribution in [0.25, 0.3) is 0 Å². The van der Waals surface area contributed by atoms with Crippen LogP contribution in [-0.4, -0.2) is 32.1 Å². The highest BCUT2D eigenvalue weighted by atomic mass is 32.2. The molecule has 0 heterocycles. The number of phenols is 1. The number of nitrogens with one attached hydrogen (secondary N) is 1. The topological polar surface area (TPSA) is 66.4 Å². The summed E-state index contributed by atoms with van der Waals surface area (Å²) in [6, 6.07) is 6.99. The van der Waals surface area contributed by atoms with E-state index in [0.29, 0.717) is 19.5 Å². The molecule has 0 aromatic heterocycles. The fourth-order valence-corrected chi connectivity index (χ4v) is 2.03. The second-order valence-electron chi connectivity index (χ2n) is 3.83. The number of hydrogen-bond donors (Lipinski definition) is 2. The van der Waals surface area contributed by atoms with Crippen molar-refractivity contribution in [3.8, 4) is 5.75 Å². The van der Waals surface area contributed by atoms with Gasteiger partial charge in [0, 0.05) is 12.8 Å². The van der Waals surface area contributed by atoms with Gasteiger partial charge in [-0.05, 0) is 30.7 Å². The first-order valence-electron chi connectivity index (χ1n) is 5.14. The highest BCUT2D eigenvalue weighted by Crippen LogP contribution is 2.10. The number of benzene rings is 1. The molecule has 16 heavy (non-hydrogen) atoms. The zero-order valence-electron chi connectivity index (χ0n) is 9.31. The molecule has 1 rings (SSSR count). The average Bonchev–Trinajstić information content (AvgIpc) is 2.15. The SMILES string of the molecule is CS(=O)(=O)CCCNCc1cccc(O)c1. The maximum absolute atomic E-state index is 10.8. The smallest absolute Gasteiger partial charge is 0.147 e. The highest BCUT2D eigenvalue weighted by molar-refractivity contribution is 7.90. The first-order chi connectivity index (χ1) is 7.47. The van der Waals surface area contributed by atoms with Crippen molar-refractivity contribution in [1.29, 1.82) is 0 Å². The third kappa shape index (κ3) is 5.72. The van der Waals surface area contributed by atoms with Gasteiger partial charge in [-0.15, -0.1) is 0 Å². The van der Waals surface area contributed by atoms with Gasteiger partial charge in [0.15, 0.2) is 0 Å². The van der Waals surface area contributed by atoms with Crippen LogP contribution in [0.2, 0.25) is 0 Å². The van der Waals surface area contributed by atoms with E-state index < -0.39 is 9.84 Å². The summed E-state index contributed by atoms with van der Waals surface area (Å²) in [6.45, 7) is 1.29. The van der Waals surface area contributed by atoms with Crippen molar-refractivity contribution in [1.82, 2.24) is 5.32 Å². The van der Waals surface area contributed by atoms with Gasteiger partial charge in [-0.1, -0.05) is 12.1 Å². The Morgan fingerprint density at radius 3 is 2.75 bits per heavy atom. The molecule has 0 bridgehead atoms. The standard InChI is InChI=1S/C11H17NO3S/c1-16(14,15)7-3-6-12-9-10-4-2-5-11(13)8-10/h2,4-5,8,12-13H,3,6-7,9H2,1H3. The Hall–Kier alpha value is -1.07. The van der Waals surface area contributed by atoms with Gasteiger partial charge in [0.1, 0.15) is 15.6 Å². The third-order valence-electron chi connectivity index (χ3n) is 2.11. The number of sulfone groups is 1. The molecule has 0 aliphatic carbocycles. The van der Waals surface area contributed by atoms with E-state index in [4.69, 9.17) is 0 Å². The highest BCUT2D eigenvalue weighted by Gasteiger charge is 2.00. The molecule has 0 saturated heterocycles. The second-order valence-corrected chi connectivity index (χ2v) is 6.09. The van der Waals surface area contributed by atoms with E-state index in [1.165, 1.54) is 6.26 Å². The third-order valence-corrected chi connectivity index (χ3v) is 3.14. The molecule has 0 unspecified atom stereocenters. The van der Waals surface area contributed by atoms with Crippen molar-refractivity contribution in [3.63, 3.8) is 0 Å². The van der Waals surface area contributed by atoms with E-state index in [2.05, 4.69) is 5.32 Å². The van der Waals surface area contributed by atoms with Gasteiger partial charge < -0.3 is 10.4 Å². The lowest BCUT2D eigenvalue weighted by Gasteiger charge is -2.04. The molecule has 0 amide bonds. The average molecular weight is 243 g/mol. The summed E-state index contributed by atoms with van der Waals surface area (Å²) in [5.74, 6) is 0.454. The molecule has 5 heteroatoms. The quantitative estimate of drug-likeness (QED) is 0.729. The van der Waals surface area contributed by atoms with Crippen LogP contribution in [0.4, 0.5) is 0 Å². The molecule has 1 aromatic carbocycles. The molecule has 4 nitrogen and oxygen atoms in total. The van der Waals surface area contributed by atoms with Gasteiger partial charge in [0.25, 0.3) is 0 Å². The van der Waals surface area contributed by atoms with Crippen LogP contribution in [0.5, 0.6) is 5.75 Å². The minimum Gasteiger partial charge on any atom is -0.508 e. The largest absolute Gasteiger partial charge is 0.508 e. The second kappa shape index (κ2) is 5.86. The molecule has 1 aromatic rings. The summed E-state index contributed by atoms with van der Waals surface area (Å²) in [7, 11) is -2.86. The minimum absolute atomic E-state index is 0.208. The Balaban J connectivity index is 2.21. The maximum atomic E-state index is 10.8. The van der Waals surface area contributed by atoms with Crippen LogP contribution in [0.15, 0.2) is 24.3 Å². The van der Waals surface area contributed by atoms with Gasteiger partial charge in [0.2, 0.25) is 0 Å². The number of hydrogen-bond acceptors (Lipinski definition) is 4. The maximum Gasteiger partial charge on any atom is 0.147 e. The Labute approximate surface area is 96.2 Å². The van der Waals surface area contributed by atoms with Crippen LogP contribution in [0.3, 0.4) is 0 Å². The Bertz CT molecular complexity index is 429. The van der Waals surface area contributed by atoms with Gasteiger partial charge in [0.05, 0.1) is 5.75 Å². The number of rotatable bonds is 6. The summed E-state index contributed by atoms with van der Waals surface area (Å²) in [5, 5.41) is 12.3. The summed E-state index contributed by atoms with van der Waals surface area (Å²) in [6.07, 6.45) is 1.85. The minimum atomic E-state index is -2.86. The summed E-state index contributed by atoms with van der Waals surface area (Å²) >= 11 is 0. The Kier molecular flexibility index (Phi) is 4.76. The Morgan fingerprint density at radius 1 is 1.38 bits per heavy atom. The van der Waals surface area contributed by atoms with Crippen molar-refractivity contribution >= 4 is 9.84 Å². The van der Waals surface area contributed by atoms with Crippen LogP contribution in [0, 0.1) is 0 Å². The first kappa shape index (κ1) is 13.0. The molecule has 0 aliphatic heterocycles. The molecule has 0 fully saturated rings. The van der Waals surface area contributed by atoms with Crippen molar-refractivity contribution in [3.05, 3.63) is 29.8 Å². The van der Waals surface area contributed by atoms with Crippen molar-refractivity contribution in [2.75, 3.05) is 18.6 Å². The van der Waals surface area contributed by atoms with Crippen molar-refractivity contribution < 1.29 is 13.5 Å². The normalized spacial score (nSPS) is 11.6. The molecule has 0 saturated carbocycles. The fourth-order valence-electron chi connectivity index (χ4n) is 1.36. The zero-order valence-corrected chi connectivity index (χ0v) is 10.1. The molecule has 0 aliphatic rings. The van der Waals surface area contributed by atoms with Gasteiger partial charge in [-0.25, -0.2) is 8.42 Å². The zero-order chi connectivity index (χ0) is 12.0. The number of phenolic OH excluding ortho intramolecular Hbond substituents is 1.